The Kier molecular flexibility index (Phi) is 4.28. The number of ether oxygens (including phenoxy) is 1. The molecule has 26 heavy (non-hydrogen) atoms. The molecule has 0 atom stereocenters. The third-order valence-electron chi connectivity index (χ3n) is 4.50. The Hall–Kier alpha value is -3.33. The van der Waals surface area contributed by atoms with E-state index < -0.39 is 0 Å². The van der Waals surface area contributed by atoms with Crippen molar-refractivity contribution < 1.29 is 4.74 Å². The molecule has 128 valence electrons. The summed E-state index contributed by atoms with van der Waals surface area (Å²) in [5, 5.41) is 4.69. The summed E-state index contributed by atoms with van der Waals surface area (Å²) in [6, 6.07) is 26.9. The third-order valence-corrected chi connectivity index (χ3v) is 4.50. The monoisotopic (exact) mass is 340 g/mol. The lowest BCUT2D eigenvalue weighted by Crippen LogP contribution is -1.99. The van der Waals surface area contributed by atoms with Gasteiger partial charge in [0, 0.05) is 11.1 Å². The number of nitrogens with zero attached hydrogens (tertiary/aromatic N) is 2. The number of aryl methyl sites for hydroxylation is 1. The van der Waals surface area contributed by atoms with E-state index in [1.807, 2.05) is 41.2 Å². The van der Waals surface area contributed by atoms with Crippen molar-refractivity contribution in [3.8, 4) is 33.8 Å². The lowest BCUT2D eigenvalue weighted by molar-refractivity contribution is 0.415. The normalized spacial score (nSPS) is 10.7. The van der Waals surface area contributed by atoms with Crippen molar-refractivity contribution in [1.82, 2.24) is 9.78 Å². The molecular weight excluding hydrogens is 320 g/mol. The van der Waals surface area contributed by atoms with Crippen LogP contribution in [-0.4, -0.2) is 16.9 Å². The molecule has 3 nitrogen and oxygen atoms in total. The number of rotatable bonds is 4. The molecule has 0 aliphatic rings. The van der Waals surface area contributed by atoms with E-state index in [1.165, 1.54) is 5.56 Å². The van der Waals surface area contributed by atoms with E-state index in [2.05, 4.69) is 60.6 Å². The van der Waals surface area contributed by atoms with Gasteiger partial charge >= 0.3 is 0 Å². The molecule has 0 radical (unpaired) electrons. The molecule has 0 saturated heterocycles. The molecular formula is C23H20N2O. The fraction of sp³-hybridized carbons (Fsp3) is 0.0870. The first-order valence-electron chi connectivity index (χ1n) is 8.61. The summed E-state index contributed by atoms with van der Waals surface area (Å²) in [6.45, 7) is 2.10. The Morgan fingerprint density at radius 1 is 0.769 bits per heavy atom. The van der Waals surface area contributed by atoms with Crippen molar-refractivity contribution in [2.45, 2.75) is 6.92 Å². The second-order valence-corrected chi connectivity index (χ2v) is 6.25. The lowest BCUT2D eigenvalue weighted by atomic mass is 10.0. The molecule has 0 fully saturated rings. The van der Waals surface area contributed by atoms with Gasteiger partial charge in [0.2, 0.25) is 0 Å². The summed E-state index contributed by atoms with van der Waals surface area (Å²) in [5.74, 6) is 0.848. The van der Waals surface area contributed by atoms with E-state index in [1.54, 1.807) is 7.11 Å². The van der Waals surface area contributed by atoms with Crippen molar-refractivity contribution in [2.24, 2.45) is 0 Å². The molecule has 0 saturated carbocycles. The number of hydrogen-bond acceptors (Lipinski definition) is 2. The molecule has 4 rings (SSSR count). The highest BCUT2D eigenvalue weighted by molar-refractivity contribution is 5.82. The first-order valence-corrected chi connectivity index (χ1v) is 8.61. The van der Waals surface area contributed by atoms with Crippen LogP contribution in [-0.2, 0) is 0 Å². The highest BCUT2D eigenvalue weighted by Crippen LogP contribution is 2.34. The van der Waals surface area contributed by atoms with E-state index in [-0.39, 0.29) is 0 Å². The van der Waals surface area contributed by atoms with Crippen molar-refractivity contribution in [3.05, 3.63) is 90.6 Å². The zero-order valence-corrected chi connectivity index (χ0v) is 14.9. The fourth-order valence-electron chi connectivity index (χ4n) is 3.08. The Morgan fingerprint density at radius 3 is 2.08 bits per heavy atom. The van der Waals surface area contributed by atoms with Gasteiger partial charge in [0.1, 0.15) is 5.75 Å². The lowest BCUT2D eigenvalue weighted by Gasteiger charge is -2.11. The first kappa shape index (κ1) is 16.2. The number of benzene rings is 3. The molecule has 1 heterocycles. The van der Waals surface area contributed by atoms with Gasteiger partial charge < -0.3 is 4.74 Å². The molecule has 0 N–H and O–H groups in total. The predicted molar refractivity (Wildman–Crippen MR) is 106 cm³/mol. The van der Waals surface area contributed by atoms with Crippen LogP contribution in [0.1, 0.15) is 5.56 Å². The molecule has 3 heteroatoms. The Balaban J connectivity index is 1.91. The number of methoxy groups -OCH3 is 1. The van der Waals surface area contributed by atoms with Crippen molar-refractivity contribution in [3.63, 3.8) is 0 Å². The molecule has 0 amide bonds. The third kappa shape index (κ3) is 3.00. The minimum atomic E-state index is 0.848. The molecule has 3 aromatic carbocycles. The average molecular weight is 340 g/mol. The van der Waals surface area contributed by atoms with Gasteiger partial charge in [-0.1, -0.05) is 60.2 Å². The SMILES string of the molecule is COc1ccc(-c2cnn(-c3ccccc3)c2-c2ccc(C)cc2)cc1. The second kappa shape index (κ2) is 6.89. The highest BCUT2D eigenvalue weighted by Gasteiger charge is 2.16. The van der Waals surface area contributed by atoms with Crippen LogP contribution in [0.4, 0.5) is 0 Å². The maximum Gasteiger partial charge on any atom is 0.118 e. The van der Waals surface area contributed by atoms with Gasteiger partial charge in [0.15, 0.2) is 0 Å². The zero-order chi connectivity index (χ0) is 17.9. The van der Waals surface area contributed by atoms with E-state index >= 15 is 0 Å². The average Bonchev–Trinajstić information content (AvgIpc) is 3.14. The molecule has 0 aliphatic heterocycles. The van der Waals surface area contributed by atoms with Gasteiger partial charge in [-0.15, -0.1) is 0 Å². The van der Waals surface area contributed by atoms with Crippen LogP contribution in [0.2, 0.25) is 0 Å². The van der Waals surface area contributed by atoms with Crippen molar-refractivity contribution in [1.29, 1.82) is 0 Å². The topological polar surface area (TPSA) is 27.1 Å². The van der Waals surface area contributed by atoms with Gasteiger partial charge in [-0.2, -0.15) is 5.10 Å². The van der Waals surface area contributed by atoms with E-state index in [0.29, 0.717) is 0 Å². The zero-order valence-electron chi connectivity index (χ0n) is 14.9. The molecule has 0 unspecified atom stereocenters. The Labute approximate surface area is 153 Å². The van der Waals surface area contributed by atoms with E-state index in [9.17, 15) is 0 Å². The van der Waals surface area contributed by atoms with Crippen LogP contribution in [0, 0.1) is 6.92 Å². The summed E-state index contributed by atoms with van der Waals surface area (Å²) in [4.78, 5) is 0. The van der Waals surface area contributed by atoms with E-state index in [4.69, 9.17) is 4.74 Å². The molecule has 0 spiro atoms. The largest absolute Gasteiger partial charge is 0.497 e. The van der Waals surface area contributed by atoms with Gasteiger partial charge in [0.25, 0.3) is 0 Å². The van der Waals surface area contributed by atoms with Gasteiger partial charge in [-0.05, 0) is 36.8 Å². The molecule has 0 bridgehead atoms. The minimum Gasteiger partial charge on any atom is -0.497 e. The van der Waals surface area contributed by atoms with Crippen molar-refractivity contribution >= 4 is 0 Å². The van der Waals surface area contributed by atoms with Gasteiger partial charge in [-0.3, -0.25) is 0 Å². The Bertz CT molecular complexity index is 1000. The number of aromatic nitrogens is 2. The van der Waals surface area contributed by atoms with E-state index in [0.717, 1.165) is 33.8 Å². The number of para-hydroxylation sites is 1. The summed E-state index contributed by atoms with van der Waals surface area (Å²) in [6.07, 6.45) is 1.93. The minimum absolute atomic E-state index is 0.848. The molecule has 1 aromatic heterocycles. The van der Waals surface area contributed by atoms with Crippen LogP contribution < -0.4 is 4.74 Å². The smallest absolute Gasteiger partial charge is 0.118 e. The van der Waals surface area contributed by atoms with Crippen LogP contribution in [0.3, 0.4) is 0 Å². The summed E-state index contributed by atoms with van der Waals surface area (Å²) >= 11 is 0. The van der Waals surface area contributed by atoms with Crippen LogP contribution >= 0.6 is 0 Å². The fourth-order valence-corrected chi connectivity index (χ4v) is 3.08. The second-order valence-electron chi connectivity index (χ2n) is 6.25. The maximum absolute atomic E-state index is 5.29. The standard InChI is InChI=1S/C23H20N2O/c1-17-8-10-19(11-9-17)23-22(18-12-14-21(26-2)15-13-18)16-24-25(23)20-6-4-3-5-7-20/h3-16H,1-2H3. The van der Waals surface area contributed by atoms with Gasteiger partial charge in [0.05, 0.1) is 24.7 Å². The Morgan fingerprint density at radius 2 is 1.42 bits per heavy atom. The maximum atomic E-state index is 5.29. The summed E-state index contributed by atoms with van der Waals surface area (Å²) < 4.78 is 7.29. The predicted octanol–water partition coefficient (Wildman–Crippen LogP) is 5.52. The van der Waals surface area contributed by atoms with Gasteiger partial charge in [-0.25, -0.2) is 4.68 Å². The highest BCUT2D eigenvalue weighted by atomic mass is 16.5. The first-order chi connectivity index (χ1) is 12.8. The molecule has 0 aliphatic carbocycles. The summed E-state index contributed by atoms with van der Waals surface area (Å²) in [5.41, 5.74) is 6.72. The summed E-state index contributed by atoms with van der Waals surface area (Å²) in [7, 11) is 1.68. The van der Waals surface area contributed by atoms with Crippen LogP contribution in [0.25, 0.3) is 28.1 Å². The molecule has 4 aromatic rings. The van der Waals surface area contributed by atoms with Crippen LogP contribution in [0.5, 0.6) is 5.75 Å². The van der Waals surface area contributed by atoms with Crippen LogP contribution in [0.15, 0.2) is 85.1 Å². The quantitative estimate of drug-likeness (QED) is 0.489. The number of hydrogen-bond donors (Lipinski definition) is 0. The van der Waals surface area contributed by atoms with Crippen molar-refractivity contribution in [2.75, 3.05) is 7.11 Å².